The Morgan fingerprint density at radius 2 is 1.70 bits per heavy atom. The second kappa shape index (κ2) is 6.12. The molecule has 0 radical (unpaired) electrons. The highest BCUT2D eigenvalue weighted by atomic mass is 16.5. The molecule has 2 amide bonds. The first-order valence-corrected chi connectivity index (χ1v) is 7.55. The van der Waals surface area contributed by atoms with Gasteiger partial charge in [0.15, 0.2) is 0 Å². The highest BCUT2D eigenvalue weighted by Crippen LogP contribution is 2.24. The van der Waals surface area contributed by atoms with Crippen LogP contribution in [0.4, 0.5) is 0 Å². The molecule has 2 aliphatic rings. The lowest BCUT2D eigenvalue weighted by molar-refractivity contribution is -0.147. The van der Waals surface area contributed by atoms with Crippen LogP contribution in [0.5, 0.6) is 0 Å². The van der Waals surface area contributed by atoms with E-state index < -0.39 is 0 Å². The molecule has 0 aromatic carbocycles. The second-order valence-corrected chi connectivity index (χ2v) is 6.78. The average molecular weight is 282 g/mol. The SMILES string of the molecule is CC(C)(C)C(=O)N1CCCC(C(=O)N2CCOCC2)C1. The third-order valence-corrected chi connectivity index (χ3v) is 4.02. The Kier molecular flexibility index (Phi) is 4.68. The first kappa shape index (κ1) is 15.3. The van der Waals surface area contributed by atoms with Crippen molar-refractivity contribution >= 4 is 11.8 Å². The molecule has 2 heterocycles. The highest BCUT2D eigenvalue weighted by molar-refractivity contribution is 5.84. The molecule has 2 aliphatic heterocycles. The van der Waals surface area contributed by atoms with Gasteiger partial charge in [0.25, 0.3) is 0 Å². The molecule has 1 atom stereocenters. The topological polar surface area (TPSA) is 49.9 Å². The second-order valence-electron chi connectivity index (χ2n) is 6.78. The molecule has 0 aromatic rings. The standard InChI is InChI=1S/C15H26N2O3/c1-15(2,3)14(19)17-6-4-5-12(11-17)13(18)16-7-9-20-10-8-16/h12H,4-11H2,1-3H3. The smallest absolute Gasteiger partial charge is 0.227 e. The summed E-state index contributed by atoms with van der Waals surface area (Å²) in [6.07, 6.45) is 1.81. The average Bonchev–Trinajstić information content (AvgIpc) is 2.46. The lowest BCUT2D eigenvalue weighted by Crippen LogP contribution is -2.51. The van der Waals surface area contributed by atoms with Crippen molar-refractivity contribution in [1.82, 2.24) is 9.80 Å². The Morgan fingerprint density at radius 3 is 2.30 bits per heavy atom. The van der Waals surface area contributed by atoms with Crippen LogP contribution < -0.4 is 0 Å². The van der Waals surface area contributed by atoms with Gasteiger partial charge in [-0.2, -0.15) is 0 Å². The summed E-state index contributed by atoms with van der Waals surface area (Å²) < 4.78 is 5.28. The number of hydrogen-bond acceptors (Lipinski definition) is 3. The molecule has 0 aromatic heterocycles. The quantitative estimate of drug-likeness (QED) is 0.724. The zero-order chi connectivity index (χ0) is 14.8. The van der Waals surface area contributed by atoms with Crippen molar-refractivity contribution < 1.29 is 14.3 Å². The van der Waals surface area contributed by atoms with Gasteiger partial charge in [0.1, 0.15) is 0 Å². The van der Waals surface area contributed by atoms with Gasteiger partial charge in [-0.3, -0.25) is 9.59 Å². The molecule has 0 aliphatic carbocycles. The van der Waals surface area contributed by atoms with Crippen molar-refractivity contribution in [2.75, 3.05) is 39.4 Å². The summed E-state index contributed by atoms with van der Waals surface area (Å²) in [6, 6.07) is 0. The molecule has 2 saturated heterocycles. The van der Waals surface area contributed by atoms with Crippen LogP contribution >= 0.6 is 0 Å². The number of piperidine rings is 1. The maximum atomic E-state index is 12.5. The van der Waals surface area contributed by atoms with Gasteiger partial charge >= 0.3 is 0 Å². The normalized spacial score (nSPS) is 24.6. The zero-order valence-corrected chi connectivity index (χ0v) is 12.9. The van der Waals surface area contributed by atoms with Gasteiger partial charge in [-0.1, -0.05) is 20.8 Å². The Labute approximate surface area is 121 Å². The number of amides is 2. The van der Waals surface area contributed by atoms with Crippen molar-refractivity contribution in [2.45, 2.75) is 33.6 Å². The van der Waals surface area contributed by atoms with E-state index in [4.69, 9.17) is 4.74 Å². The molecular weight excluding hydrogens is 256 g/mol. The lowest BCUT2D eigenvalue weighted by atomic mass is 9.90. The first-order valence-electron chi connectivity index (χ1n) is 7.55. The summed E-state index contributed by atoms with van der Waals surface area (Å²) in [4.78, 5) is 28.6. The Balaban J connectivity index is 1.96. The van der Waals surface area contributed by atoms with Crippen LogP contribution in [-0.2, 0) is 14.3 Å². The van der Waals surface area contributed by atoms with Crippen LogP contribution in [0.1, 0.15) is 33.6 Å². The third-order valence-electron chi connectivity index (χ3n) is 4.02. The molecule has 20 heavy (non-hydrogen) atoms. The maximum absolute atomic E-state index is 12.5. The minimum Gasteiger partial charge on any atom is -0.378 e. The number of ether oxygens (including phenoxy) is 1. The molecule has 5 heteroatoms. The summed E-state index contributed by atoms with van der Waals surface area (Å²) in [6.45, 7) is 9.78. The van der Waals surface area contributed by atoms with Gasteiger partial charge in [0, 0.05) is 31.6 Å². The minimum absolute atomic E-state index is 0.0341. The van der Waals surface area contributed by atoms with Crippen LogP contribution in [-0.4, -0.2) is 61.0 Å². The van der Waals surface area contributed by atoms with Gasteiger partial charge in [-0.15, -0.1) is 0 Å². The van der Waals surface area contributed by atoms with Gasteiger partial charge in [0.05, 0.1) is 19.1 Å². The summed E-state index contributed by atoms with van der Waals surface area (Å²) in [7, 11) is 0. The number of hydrogen-bond donors (Lipinski definition) is 0. The predicted octanol–water partition coefficient (Wildman–Crippen LogP) is 1.13. The number of likely N-dealkylation sites (tertiary alicyclic amines) is 1. The van der Waals surface area contributed by atoms with E-state index in [-0.39, 0.29) is 23.1 Å². The molecule has 0 bridgehead atoms. The Bertz CT molecular complexity index is 370. The van der Waals surface area contributed by atoms with Crippen molar-refractivity contribution in [3.05, 3.63) is 0 Å². The molecule has 2 fully saturated rings. The summed E-state index contributed by atoms with van der Waals surface area (Å²) in [5, 5.41) is 0. The number of morpholine rings is 1. The van der Waals surface area contributed by atoms with Crippen molar-refractivity contribution in [3.63, 3.8) is 0 Å². The van der Waals surface area contributed by atoms with Crippen LogP contribution in [0.25, 0.3) is 0 Å². The fraction of sp³-hybridized carbons (Fsp3) is 0.867. The van der Waals surface area contributed by atoms with Crippen LogP contribution in [0.2, 0.25) is 0 Å². The summed E-state index contributed by atoms with van der Waals surface area (Å²) in [5.74, 6) is 0.310. The largest absolute Gasteiger partial charge is 0.378 e. The highest BCUT2D eigenvalue weighted by Gasteiger charge is 2.35. The van der Waals surface area contributed by atoms with E-state index in [1.807, 2.05) is 30.6 Å². The van der Waals surface area contributed by atoms with Gasteiger partial charge < -0.3 is 14.5 Å². The van der Waals surface area contributed by atoms with Crippen molar-refractivity contribution in [3.8, 4) is 0 Å². The number of nitrogens with zero attached hydrogens (tertiary/aromatic N) is 2. The first-order chi connectivity index (χ1) is 9.39. The van der Waals surface area contributed by atoms with Crippen LogP contribution in [0.15, 0.2) is 0 Å². The van der Waals surface area contributed by atoms with Crippen molar-refractivity contribution in [2.24, 2.45) is 11.3 Å². The Hall–Kier alpha value is -1.10. The molecule has 5 nitrogen and oxygen atoms in total. The van der Waals surface area contributed by atoms with Crippen molar-refractivity contribution in [1.29, 1.82) is 0 Å². The van der Waals surface area contributed by atoms with Crippen LogP contribution in [0.3, 0.4) is 0 Å². The fourth-order valence-electron chi connectivity index (χ4n) is 2.88. The third kappa shape index (κ3) is 3.51. The van der Waals surface area contributed by atoms with Gasteiger partial charge in [-0.05, 0) is 12.8 Å². The summed E-state index contributed by atoms with van der Waals surface area (Å²) >= 11 is 0. The zero-order valence-electron chi connectivity index (χ0n) is 12.9. The van der Waals surface area contributed by atoms with E-state index in [0.29, 0.717) is 32.8 Å². The molecular formula is C15H26N2O3. The van der Waals surface area contributed by atoms with E-state index in [0.717, 1.165) is 19.4 Å². The number of rotatable bonds is 1. The number of carbonyl (C=O) groups excluding carboxylic acids is 2. The maximum Gasteiger partial charge on any atom is 0.227 e. The van der Waals surface area contributed by atoms with E-state index in [2.05, 4.69) is 0 Å². The molecule has 0 spiro atoms. The minimum atomic E-state index is -0.371. The molecule has 2 rings (SSSR count). The fourth-order valence-corrected chi connectivity index (χ4v) is 2.88. The molecule has 1 unspecified atom stereocenters. The van der Waals surface area contributed by atoms with E-state index in [9.17, 15) is 9.59 Å². The number of carbonyl (C=O) groups is 2. The van der Waals surface area contributed by atoms with Gasteiger partial charge in [-0.25, -0.2) is 0 Å². The Morgan fingerprint density at radius 1 is 1.05 bits per heavy atom. The van der Waals surface area contributed by atoms with E-state index in [1.165, 1.54) is 0 Å². The predicted molar refractivity (Wildman–Crippen MR) is 76.2 cm³/mol. The molecule has 0 N–H and O–H groups in total. The van der Waals surface area contributed by atoms with Gasteiger partial charge in [0.2, 0.25) is 11.8 Å². The molecule has 114 valence electrons. The monoisotopic (exact) mass is 282 g/mol. The molecule has 0 saturated carbocycles. The van der Waals surface area contributed by atoms with E-state index in [1.54, 1.807) is 0 Å². The van der Waals surface area contributed by atoms with E-state index >= 15 is 0 Å². The van der Waals surface area contributed by atoms with Crippen LogP contribution in [0, 0.1) is 11.3 Å². The lowest BCUT2D eigenvalue weighted by Gasteiger charge is -2.38. The summed E-state index contributed by atoms with van der Waals surface area (Å²) in [5.41, 5.74) is -0.371.